The number of hydrogen-bond acceptors (Lipinski definition) is 4. The van der Waals surface area contributed by atoms with E-state index < -0.39 is 0 Å². The van der Waals surface area contributed by atoms with E-state index in [4.69, 9.17) is 0 Å². The molecule has 1 fully saturated rings. The normalized spacial score (nSPS) is 19.0. The maximum atomic E-state index is 12.0. The van der Waals surface area contributed by atoms with Gasteiger partial charge in [0, 0.05) is 10.8 Å². The Balaban J connectivity index is 1.74. The summed E-state index contributed by atoms with van der Waals surface area (Å²) in [6.45, 7) is 4.11. The number of nitrogens with one attached hydrogen (secondary N) is 1. The molecular formula is C14H20N2O2S. The minimum atomic E-state index is 0.0606. The second-order valence-electron chi connectivity index (χ2n) is 5.05. The van der Waals surface area contributed by atoms with Crippen LogP contribution in [-0.4, -0.2) is 36.7 Å². The number of rotatable bonds is 5. The van der Waals surface area contributed by atoms with Gasteiger partial charge in [0.2, 0.25) is 5.91 Å². The molecule has 1 aromatic rings. The summed E-state index contributed by atoms with van der Waals surface area (Å²) in [7, 11) is 0. The Hall–Kier alpha value is -1.20. The Morgan fingerprint density at radius 2 is 2.32 bits per heavy atom. The van der Waals surface area contributed by atoms with Crippen molar-refractivity contribution in [1.82, 2.24) is 10.2 Å². The van der Waals surface area contributed by atoms with Gasteiger partial charge in [0.05, 0.1) is 12.6 Å². The molecule has 1 aliphatic rings. The third-order valence-corrected chi connectivity index (χ3v) is 4.59. The molecule has 0 bridgehead atoms. The summed E-state index contributed by atoms with van der Waals surface area (Å²) in [5.41, 5.74) is 0. The minimum absolute atomic E-state index is 0.0606. The van der Waals surface area contributed by atoms with Gasteiger partial charge in [0.1, 0.15) is 6.29 Å². The van der Waals surface area contributed by atoms with Crippen LogP contribution < -0.4 is 5.32 Å². The number of carbonyl (C=O) groups excluding carboxylic acids is 2. The van der Waals surface area contributed by atoms with E-state index in [0.717, 1.165) is 32.2 Å². The van der Waals surface area contributed by atoms with E-state index >= 15 is 0 Å². The minimum Gasteiger partial charge on any atom is -0.348 e. The maximum absolute atomic E-state index is 12.0. The lowest BCUT2D eigenvalue weighted by Gasteiger charge is -2.29. The van der Waals surface area contributed by atoms with E-state index in [1.165, 1.54) is 4.88 Å². The molecule has 1 aromatic heterocycles. The molecule has 0 spiro atoms. The van der Waals surface area contributed by atoms with Crippen molar-refractivity contribution in [1.29, 1.82) is 0 Å². The third-order valence-electron chi connectivity index (χ3n) is 3.54. The van der Waals surface area contributed by atoms with Crippen molar-refractivity contribution >= 4 is 23.5 Å². The molecule has 2 heterocycles. The van der Waals surface area contributed by atoms with Crippen LogP contribution in [0.3, 0.4) is 0 Å². The molecule has 0 aliphatic carbocycles. The molecule has 19 heavy (non-hydrogen) atoms. The predicted molar refractivity (Wildman–Crippen MR) is 76.1 cm³/mol. The van der Waals surface area contributed by atoms with Crippen LogP contribution in [0.5, 0.6) is 0 Å². The fourth-order valence-corrected chi connectivity index (χ4v) is 3.08. The first-order valence-electron chi connectivity index (χ1n) is 6.69. The Kier molecular flexibility index (Phi) is 5.10. The zero-order chi connectivity index (χ0) is 13.7. The van der Waals surface area contributed by atoms with Crippen LogP contribution in [0.1, 0.15) is 30.7 Å². The van der Waals surface area contributed by atoms with Crippen LogP contribution >= 0.6 is 11.3 Å². The zero-order valence-electron chi connectivity index (χ0n) is 11.2. The van der Waals surface area contributed by atoms with Crippen molar-refractivity contribution in [3.8, 4) is 0 Å². The first-order valence-corrected chi connectivity index (χ1v) is 7.57. The largest absolute Gasteiger partial charge is 0.348 e. The van der Waals surface area contributed by atoms with Crippen LogP contribution in [0.4, 0.5) is 0 Å². The summed E-state index contributed by atoms with van der Waals surface area (Å²) in [5, 5.41) is 5.03. The van der Waals surface area contributed by atoms with Gasteiger partial charge in [-0.3, -0.25) is 9.69 Å². The number of nitrogens with zero attached hydrogens (tertiary/aromatic N) is 1. The fourth-order valence-electron chi connectivity index (χ4n) is 2.35. The smallest absolute Gasteiger partial charge is 0.234 e. The van der Waals surface area contributed by atoms with E-state index in [0.29, 0.717) is 6.54 Å². The van der Waals surface area contributed by atoms with Crippen molar-refractivity contribution in [2.45, 2.75) is 25.8 Å². The highest BCUT2D eigenvalue weighted by molar-refractivity contribution is 7.10. The van der Waals surface area contributed by atoms with Crippen LogP contribution in [0.15, 0.2) is 17.5 Å². The summed E-state index contributed by atoms with van der Waals surface area (Å²) in [5.74, 6) is 0.245. The Morgan fingerprint density at radius 1 is 1.58 bits per heavy atom. The van der Waals surface area contributed by atoms with Gasteiger partial charge in [0.15, 0.2) is 0 Å². The first kappa shape index (κ1) is 14.2. The molecule has 1 N–H and O–H groups in total. The second-order valence-corrected chi connectivity index (χ2v) is 6.03. The molecule has 1 unspecified atom stereocenters. The number of thiophene rings is 1. The number of hydrogen-bond donors (Lipinski definition) is 1. The van der Waals surface area contributed by atoms with E-state index in [1.807, 2.05) is 24.4 Å². The van der Waals surface area contributed by atoms with E-state index in [1.54, 1.807) is 11.3 Å². The van der Waals surface area contributed by atoms with Gasteiger partial charge in [0.25, 0.3) is 0 Å². The summed E-state index contributed by atoms with van der Waals surface area (Å²) < 4.78 is 0. The summed E-state index contributed by atoms with van der Waals surface area (Å²) >= 11 is 1.66. The molecule has 0 saturated carbocycles. The second kappa shape index (κ2) is 6.82. The van der Waals surface area contributed by atoms with Crippen LogP contribution in [-0.2, 0) is 9.59 Å². The van der Waals surface area contributed by atoms with E-state index in [-0.39, 0.29) is 17.9 Å². The lowest BCUT2D eigenvalue weighted by atomic mass is 9.99. The number of amides is 1. The molecule has 4 nitrogen and oxygen atoms in total. The lowest BCUT2D eigenvalue weighted by Crippen LogP contribution is -2.42. The van der Waals surface area contributed by atoms with Gasteiger partial charge in [-0.1, -0.05) is 6.07 Å². The quantitative estimate of drug-likeness (QED) is 0.837. The molecule has 0 radical (unpaired) electrons. The topological polar surface area (TPSA) is 49.4 Å². The fraction of sp³-hybridized carbons (Fsp3) is 0.571. The van der Waals surface area contributed by atoms with Crippen LogP contribution in [0, 0.1) is 5.92 Å². The monoisotopic (exact) mass is 280 g/mol. The van der Waals surface area contributed by atoms with Crippen molar-refractivity contribution in [2.24, 2.45) is 5.92 Å². The summed E-state index contributed by atoms with van der Waals surface area (Å²) in [4.78, 5) is 25.9. The highest BCUT2D eigenvalue weighted by atomic mass is 32.1. The van der Waals surface area contributed by atoms with Crippen molar-refractivity contribution in [2.75, 3.05) is 19.6 Å². The van der Waals surface area contributed by atoms with Gasteiger partial charge in [-0.25, -0.2) is 0 Å². The molecule has 1 amide bonds. The average Bonchev–Trinajstić information content (AvgIpc) is 2.93. The average molecular weight is 280 g/mol. The molecule has 1 atom stereocenters. The summed E-state index contributed by atoms with van der Waals surface area (Å²) in [6.07, 6.45) is 2.78. The first-order chi connectivity index (χ1) is 9.19. The molecule has 2 rings (SSSR count). The van der Waals surface area contributed by atoms with Crippen molar-refractivity contribution in [3.63, 3.8) is 0 Å². The van der Waals surface area contributed by atoms with Gasteiger partial charge >= 0.3 is 0 Å². The van der Waals surface area contributed by atoms with Crippen molar-refractivity contribution in [3.05, 3.63) is 22.4 Å². The Bertz CT molecular complexity index is 411. The Morgan fingerprint density at radius 3 is 2.89 bits per heavy atom. The number of aldehydes is 1. The van der Waals surface area contributed by atoms with Crippen LogP contribution in [0.2, 0.25) is 0 Å². The van der Waals surface area contributed by atoms with E-state index in [9.17, 15) is 9.59 Å². The standard InChI is InChI=1S/C14H20N2O2S/c1-11(13-3-2-8-19-13)15-14(18)9-16-6-4-12(10-17)5-7-16/h2-3,8,10-12H,4-7,9H2,1H3,(H,15,18). The molecule has 104 valence electrons. The SMILES string of the molecule is CC(NC(=O)CN1CCC(C=O)CC1)c1cccs1. The van der Waals surface area contributed by atoms with E-state index in [2.05, 4.69) is 10.2 Å². The maximum Gasteiger partial charge on any atom is 0.234 e. The van der Waals surface area contributed by atoms with Crippen LogP contribution in [0.25, 0.3) is 0 Å². The highest BCUT2D eigenvalue weighted by Gasteiger charge is 2.20. The molecule has 5 heteroatoms. The predicted octanol–water partition coefficient (Wildman–Crippen LogP) is 1.84. The van der Waals surface area contributed by atoms with Crippen molar-refractivity contribution < 1.29 is 9.59 Å². The lowest BCUT2D eigenvalue weighted by molar-refractivity contribution is -0.123. The molecule has 1 saturated heterocycles. The third kappa shape index (κ3) is 4.14. The number of piperidine rings is 1. The van der Waals surface area contributed by atoms with Gasteiger partial charge < -0.3 is 10.1 Å². The van der Waals surface area contributed by atoms with Gasteiger partial charge in [-0.05, 0) is 44.3 Å². The number of likely N-dealkylation sites (tertiary alicyclic amines) is 1. The molecule has 1 aliphatic heterocycles. The van der Waals surface area contributed by atoms with Gasteiger partial charge in [-0.2, -0.15) is 0 Å². The zero-order valence-corrected chi connectivity index (χ0v) is 12.0. The number of carbonyl (C=O) groups is 2. The summed E-state index contributed by atoms with van der Waals surface area (Å²) in [6, 6.07) is 4.10. The molecule has 0 aromatic carbocycles. The Labute approximate surface area is 117 Å². The highest BCUT2D eigenvalue weighted by Crippen LogP contribution is 2.18. The molecular weight excluding hydrogens is 260 g/mol. The van der Waals surface area contributed by atoms with Gasteiger partial charge in [-0.15, -0.1) is 11.3 Å².